The lowest BCUT2D eigenvalue weighted by Crippen LogP contribution is -2.36. The van der Waals surface area contributed by atoms with E-state index in [0.29, 0.717) is 12.3 Å². The Labute approximate surface area is 101 Å². The molecule has 90 valence electrons. The lowest BCUT2D eigenvalue weighted by atomic mass is 10.1. The van der Waals surface area contributed by atoms with Crippen molar-refractivity contribution in [3.05, 3.63) is 23.8 Å². The molecule has 0 aliphatic heterocycles. The number of aliphatic hydroxyl groups is 1. The lowest BCUT2D eigenvalue weighted by molar-refractivity contribution is 0.0997. The molecule has 0 amide bonds. The predicted octanol–water partition coefficient (Wildman–Crippen LogP) is 2.10. The molecule has 4 N–H and O–H groups in total. The Morgan fingerprint density at radius 1 is 1.50 bits per heavy atom. The number of rotatable bonds is 5. The summed E-state index contributed by atoms with van der Waals surface area (Å²) in [6.07, 6.45) is 1.98. The van der Waals surface area contributed by atoms with Crippen LogP contribution < -0.4 is 11.1 Å². The van der Waals surface area contributed by atoms with Crippen LogP contribution in [0.15, 0.2) is 18.2 Å². The van der Waals surface area contributed by atoms with Crippen molar-refractivity contribution in [3.8, 4) is 0 Å². The van der Waals surface area contributed by atoms with Gasteiger partial charge >= 0.3 is 0 Å². The molecule has 1 unspecified atom stereocenters. The molecule has 1 aromatic rings. The number of nitrogens with two attached hydrogens (primary N) is 1. The molecule has 0 saturated carbocycles. The number of para-hydroxylation sites is 1. The molecule has 0 aliphatic carbocycles. The van der Waals surface area contributed by atoms with Crippen LogP contribution in [0, 0.1) is 6.92 Å². The van der Waals surface area contributed by atoms with Crippen LogP contribution in [0.25, 0.3) is 0 Å². The monoisotopic (exact) mass is 240 g/mol. The molecule has 0 radical (unpaired) electrons. The molecule has 0 fully saturated rings. The van der Waals surface area contributed by atoms with E-state index in [-0.39, 0.29) is 0 Å². The molecular formula is C12H20N2OS. The van der Waals surface area contributed by atoms with E-state index >= 15 is 0 Å². The highest BCUT2D eigenvalue weighted by molar-refractivity contribution is 7.98. The number of aryl methyl sites for hydroxylation is 1. The van der Waals surface area contributed by atoms with Gasteiger partial charge in [0.05, 0.1) is 17.0 Å². The van der Waals surface area contributed by atoms with Gasteiger partial charge in [0, 0.05) is 12.3 Å². The van der Waals surface area contributed by atoms with Gasteiger partial charge in [-0.1, -0.05) is 12.1 Å². The third-order valence-corrected chi connectivity index (χ3v) is 3.35. The van der Waals surface area contributed by atoms with Crippen LogP contribution in [0.5, 0.6) is 0 Å². The molecule has 0 saturated heterocycles. The summed E-state index contributed by atoms with van der Waals surface area (Å²) < 4.78 is 0. The molecule has 4 heteroatoms. The second-order valence-corrected chi connectivity index (χ2v) is 5.19. The molecule has 1 rings (SSSR count). The summed E-state index contributed by atoms with van der Waals surface area (Å²) >= 11 is 1.63. The average molecular weight is 240 g/mol. The number of benzene rings is 1. The van der Waals surface area contributed by atoms with E-state index in [2.05, 4.69) is 5.32 Å². The molecule has 0 aliphatic rings. The molecule has 1 atom stereocenters. The van der Waals surface area contributed by atoms with E-state index < -0.39 is 5.60 Å². The Balaban J connectivity index is 2.64. The first-order chi connectivity index (χ1) is 7.46. The minimum Gasteiger partial charge on any atom is -0.397 e. The normalized spacial score (nSPS) is 14.5. The van der Waals surface area contributed by atoms with Crippen LogP contribution in [0.3, 0.4) is 0 Å². The summed E-state index contributed by atoms with van der Waals surface area (Å²) in [5.41, 5.74) is 7.92. The van der Waals surface area contributed by atoms with Gasteiger partial charge in [-0.15, -0.1) is 0 Å². The first kappa shape index (κ1) is 13.2. The van der Waals surface area contributed by atoms with Crippen molar-refractivity contribution in [1.29, 1.82) is 0 Å². The minimum atomic E-state index is -0.713. The molecule has 0 bridgehead atoms. The molecule has 3 nitrogen and oxygen atoms in total. The third kappa shape index (κ3) is 3.61. The van der Waals surface area contributed by atoms with Crippen molar-refractivity contribution in [2.75, 3.05) is 29.6 Å². The fourth-order valence-corrected chi connectivity index (χ4v) is 2.21. The Morgan fingerprint density at radius 3 is 2.81 bits per heavy atom. The second kappa shape index (κ2) is 5.46. The van der Waals surface area contributed by atoms with Gasteiger partial charge in [0.1, 0.15) is 0 Å². The van der Waals surface area contributed by atoms with Crippen molar-refractivity contribution < 1.29 is 5.11 Å². The van der Waals surface area contributed by atoms with Gasteiger partial charge in [0.15, 0.2) is 0 Å². The molecule has 0 aromatic heterocycles. The van der Waals surface area contributed by atoms with Crippen molar-refractivity contribution in [2.45, 2.75) is 19.4 Å². The van der Waals surface area contributed by atoms with E-state index in [9.17, 15) is 5.11 Å². The van der Waals surface area contributed by atoms with Crippen LogP contribution in [0.2, 0.25) is 0 Å². The van der Waals surface area contributed by atoms with Crippen LogP contribution in [0.4, 0.5) is 11.4 Å². The van der Waals surface area contributed by atoms with Crippen molar-refractivity contribution in [1.82, 2.24) is 0 Å². The maximum Gasteiger partial charge on any atom is 0.0881 e. The lowest BCUT2D eigenvalue weighted by Gasteiger charge is -2.23. The largest absolute Gasteiger partial charge is 0.397 e. The maximum atomic E-state index is 10.0. The summed E-state index contributed by atoms with van der Waals surface area (Å²) in [5, 5.41) is 13.2. The zero-order valence-corrected chi connectivity index (χ0v) is 10.9. The van der Waals surface area contributed by atoms with Gasteiger partial charge < -0.3 is 16.2 Å². The van der Waals surface area contributed by atoms with E-state index in [1.54, 1.807) is 11.8 Å². The molecule has 16 heavy (non-hydrogen) atoms. The van der Waals surface area contributed by atoms with Crippen LogP contribution in [-0.4, -0.2) is 29.3 Å². The van der Waals surface area contributed by atoms with Gasteiger partial charge in [-0.25, -0.2) is 0 Å². The van der Waals surface area contributed by atoms with Gasteiger partial charge in [-0.3, -0.25) is 0 Å². The Hall–Kier alpha value is -0.870. The molecule has 1 aromatic carbocycles. The molecule has 0 spiro atoms. The summed E-state index contributed by atoms with van der Waals surface area (Å²) in [5.74, 6) is 0.700. The number of hydrogen-bond acceptors (Lipinski definition) is 4. The zero-order chi connectivity index (χ0) is 12.2. The predicted molar refractivity (Wildman–Crippen MR) is 73.1 cm³/mol. The quantitative estimate of drug-likeness (QED) is 0.690. The van der Waals surface area contributed by atoms with Crippen LogP contribution >= 0.6 is 11.8 Å². The minimum absolute atomic E-state index is 0.501. The highest BCUT2D eigenvalue weighted by Crippen LogP contribution is 2.22. The van der Waals surface area contributed by atoms with E-state index in [1.165, 1.54) is 0 Å². The molecule has 0 heterocycles. The Kier molecular flexibility index (Phi) is 4.50. The first-order valence-corrected chi connectivity index (χ1v) is 6.66. The number of nitrogens with one attached hydrogen (secondary N) is 1. The highest BCUT2D eigenvalue weighted by Gasteiger charge is 2.19. The standard InChI is InChI=1S/C12H20N2OS/c1-9-5-4-6-10(11(9)13)14-7-12(2,15)8-16-3/h4-6,14-15H,7-8,13H2,1-3H3. The van der Waals surface area contributed by atoms with Crippen LogP contribution in [0.1, 0.15) is 12.5 Å². The van der Waals surface area contributed by atoms with Gasteiger partial charge in [-0.2, -0.15) is 11.8 Å². The average Bonchev–Trinajstić information content (AvgIpc) is 2.20. The fraction of sp³-hybridized carbons (Fsp3) is 0.500. The maximum absolute atomic E-state index is 10.0. The summed E-state index contributed by atoms with van der Waals surface area (Å²) in [7, 11) is 0. The number of anilines is 2. The second-order valence-electron chi connectivity index (χ2n) is 4.32. The van der Waals surface area contributed by atoms with E-state index in [0.717, 1.165) is 16.9 Å². The summed E-state index contributed by atoms with van der Waals surface area (Å²) in [4.78, 5) is 0. The van der Waals surface area contributed by atoms with Gasteiger partial charge in [-0.05, 0) is 31.7 Å². The van der Waals surface area contributed by atoms with E-state index in [4.69, 9.17) is 5.73 Å². The van der Waals surface area contributed by atoms with Crippen molar-refractivity contribution >= 4 is 23.1 Å². The van der Waals surface area contributed by atoms with Crippen molar-refractivity contribution in [3.63, 3.8) is 0 Å². The summed E-state index contributed by atoms with van der Waals surface area (Å²) in [6.45, 7) is 4.30. The topological polar surface area (TPSA) is 58.3 Å². The summed E-state index contributed by atoms with van der Waals surface area (Å²) in [6, 6.07) is 5.86. The SMILES string of the molecule is CSCC(C)(O)CNc1cccc(C)c1N. The number of thioether (sulfide) groups is 1. The number of nitrogen functional groups attached to an aromatic ring is 1. The van der Waals surface area contributed by atoms with E-state index in [1.807, 2.05) is 38.3 Å². The van der Waals surface area contributed by atoms with Crippen LogP contribution in [-0.2, 0) is 0 Å². The number of hydrogen-bond donors (Lipinski definition) is 3. The first-order valence-electron chi connectivity index (χ1n) is 5.26. The smallest absolute Gasteiger partial charge is 0.0881 e. The third-order valence-electron chi connectivity index (χ3n) is 2.44. The fourth-order valence-electron chi connectivity index (χ4n) is 1.48. The Morgan fingerprint density at radius 2 is 2.19 bits per heavy atom. The Bertz CT molecular complexity index is 353. The van der Waals surface area contributed by atoms with Gasteiger partial charge in [0.25, 0.3) is 0 Å². The molecular weight excluding hydrogens is 220 g/mol. The van der Waals surface area contributed by atoms with Crippen molar-refractivity contribution in [2.24, 2.45) is 0 Å². The zero-order valence-electron chi connectivity index (χ0n) is 10.1. The van der Waals surface area contributed by atoms with Gasteiger partial charge in [0.2, 0.25) is 0 Å². The highest BCUT2D eigenvalue weighted by atomic mass is 32.2.